The highest BCUT2D eigenvalue weighted by Crippen LogP contribution is 2.33. The predicted octanol–water partition coefficient (Wildman–Crippen LogP) is 3.55. The second kappa shape index (κ2) is 5.51. The van der Waals surface area contributed by atoms with E-state index in [1.165, 1.54) is 0 Å². The fraction of sp³-hybridized carbons (Fsp3) is 0.533. The number of hydrogen-bond acceptors (Lipinski definition) is 3. The van der Waals surface area contributed by atoms with Crippen molar-refractivity contribution in [2.75, 3.05) is 6.61 Å². The molecule has 2 atom stereocenters. The number of esters is 1. The lowest BCUT2D eigenvalue weighted by atomic mass is 9.92. The van der Waals surface area contributed by atoms with E-state index in [9.17, 15) is 4.79 Å². The molecule has 0 amide bonds. The number of ether oxygens (including phenoxy) is 2. The van der Waals surface area contributed by atoms with Crippen molar-refractivity contribution in [3.05, 3.63) is 34.9 Å². The van der Waals surface area contributed by atoms with Crippen molar-refractivity contribution >= 4 is 17.6 Å². The largest absolute Gasteiger partial charge is 0.458 e. The Balaban J connectivity index is 2.12. The van der Waals surface area contributed by atoms with E-state index in [4.69, 9.17) is 21.1 Å². The molecular formula is C15H19ClO3. The Kier molecular flexibility index (Phi) is 4.16. The first-order valence-corrected chi connectivity index (χ1v) is 6.84. The number of benzene rings is 1. The Morgan fingerprint density at radius 2 is 1.95 bits per heavy atom. The molecule has 0 aromatic heterocycles. The Hall–Kier alpha value is -1.06. The molecule has 1 aliphatic heterocycles. The molecule has 1 fully saturated rings. The first-order chi connectivity index (χ1) is 8.87. The SMILES string of the molecule is CC(C)(C)OC(=O)[C@@H]1OCC[C@@H]1c1ccc(Cl)cc1. The molecule has 1 aromatic carbocycles. The zero-order valence-corrected chi connectivity index (χ0v) is 12.2. The topological polar surface area (TPSA) is 35.5 Å². The summed E-state index contributed by atoms with van der Waals surface area (Å²) in [5.41, 5.74) is 0.575. The van der Waals surface area contributed by atoms with Crippen molar-refractivity contribution < 1.29 is 14.3 Å². The maximum Gasteiger partial charge on any atom is 0.336 e. The van der Waals surface area contributed by atoms with Crippen LogP contribution in [0.5, 0.6) is 0 Å². The van der Waals surface area contributed by atoms with Crippen LogP contribution in [0.25, 0.3) is 0 Å². The van der Waals surface area contributed by atoms with E-state index in [0.29, 0.717) is 11.6 Å². The van der Waals surface area contributed by atoms with Crippen LogP contribution in [0.3, 0.4) is 0 Å². The summed E-state index contributed by atoms with van der Waals surface area (Å²) < 4.78 is 11.0. The van der Waals surface area contributed by atoms with Crippen LogP contribution in [-0.4, -0.2) is 24.3 Å². The Morgan fingerprint density at radius 1 is 1.32 bits per heavy atom. The van der Waals surface area contributed by atoms with Gasteiger partial charge in [-0.3, -0.25) is 0 Å². The lowest BCUT2D eigenvalue weighted by molar-refractivity contribution is -0.166. The van der Waals surface area contributed by atoms with Gasteiger partial charge in [-0.05, 0) is 44.9 Å². The van der Waals surface area contributed by atoms with Gasteiger partial charge in [-0.15, -0.1) is 0 Å². The first-order valence-electron chi connectivity index (χ1n) is 6.47. The molecule has 0 unspecified atom stereocenters. The summed E-state index contributed by atoms with van der Waals surface area (Å²) in [6.07, 6.45) is 0.311. The highest BCUT2D eigenvalue weighted by atomic mass is 35.5. The van der Waals surface area contributed by atoms with Gasteiger partial charge < -0.3 is 9.47 Å². The van der Waals surface area contributed by atoms with Gasteiger partial charge in [0.2, 0.25) is 0 Å². The number of hydrogen-bond donors (Lipinski definition) is 0. The summed E-state index contributed by atoms with van der Waals surface area (Å²) in [4.78, 5) is 12.1. The van der Waals surface area contributed by atoms with Gasteiger partial charge in [0.05, 0.1) is 0 Å². The molecule has 1 aliphatic rings. The molecular weight excluding hydrogens is 264 g/mol. The molecule has 0 aliphatic carbocycles. The Morgan fingerprint density at radius 3 is 2.53 bits per heavy atom. The van der Waals surface area contributed by atoms with Gasteiger partial charge in [0, 0.05) is 17.5 Å². The Bertz CT molecular complexity index is 447. The van der Waals surface area contributed by atoms with Crippen LogP contribution in [0.1, 0.15) is 38.7 Å². The van der Waals surface area contributed by atoms with Gasteiger partial charge in [-0.1, -0.05) is 23.7 Å². The van der Waals surface area contributed by atoms with Crippen LogP contribution in [-0.2, 0) is 14.3 Å². The van der Waals surface area contributed by atoms with Gasteiger partial charge in [-0.25, -0.2) is 4.79 Å². The van der Waals surface area contributed by atoms with Crippen molar-refractivity contribution in [3.63, 3.8) is 0 Å². The molecule has 1 saturated heterocycles. The average Bonchev–Trinajstić information content (AvgIpc) is 2.76. The van der Waals surface area contributed by atoms with Crippen molar-refractivity contribution in [3.8, 4) is 0 Å². The van der Waals surface area contributed by atoms with E-state index in [-0.39, 0.29) is 11.9 Å². The summed E-state index contributed by atoms with van der Waals surface area (Å²) >= 11 is 5.88. The van der Waals surface area contributed by atoms with Crippen LogP contribution in [0.15, 0.2) is 24.3 Å². The van der Waals surface area contributed by atoms with E-state index in [2.05, 4.69) is 0 Å². The molecule has 0 saturated carbocycles. The monoisotopic (exact) mass is 282 g/mol. The van der Waals surface area contributed by atoms with Gasteiger partial charge in [-0.2, -0.15) is 0 Å². The molecule has 0 N–H and O–H groups in total. The molecule has 0 bridgehead atoms. The highest BCUT2D eigenvalue weighted by molar-refractivity contribution is 6.30. The second-order valence-electron chi connectivity index (χ2n) is 5.77. The van der Waals surface area contributed by atoms with Gasteiger partial charge in [0.25, 0.3) is 0 Å². The molecule has 1 aromatic rings. The molecule has 19 heavy (non-hydrogen) atoms. The van der Waals surface area contributed by atoms with Crippen molar-refractivity contribution in [1.82, 2.24) is 0 Å². The van der Waals surface area contributed by atoms with Crippen molar-refractivity contribution in [2.24, 2.45) is 0 Å². The highest BCUT2D eigenvalue weighted by Gasteiger charge is 2.37. The fourth-order valence-corrected chi connectivity index (χ4v) is 2.36. The van der Waals surface area contributed by atoms with E-state index < -0.39 is 11.7 Å². The maximum atomic E-state index is 12.1. The van der Waals surface area contributed by atoms with E-state index in [1.807, 2.05) is 45.0 Å². The van der Waals surface area contributed by atoms with Gasteiger partial charge in [0.1, 0.15) is 5.60 Å². The van der Waals surface area contributed by atoms with Crippen molar-refractivity contribution in [1.29, 1.82) is 0 Å². The molecule has 2 rings (SSSR count). The van der Waals surface area contributed by atoms with Crippen LogP contribution >= 0.6 is 11.6 Å². The number of carbonyl (C=O) groups excluding carboxylic acids is 1. The van der Waals surface area contributed by atoms with Crippen LogP contribution in [0.2, 0.25) is 5.02 Å². The fourth-order valence-electron chi connectivity index (χ4n) is 2.23. The Labute approximate surface area is 118 Å². The summed E-state index contributed by atoms with van der Waals surface area (Å²) in [6.45, 7) is 6.16. The summed E-state index contributed by atoms with van der Waals surface area (Å²) in [6, 6.07) is 7.56. The number of halogens is 1. The molecule has 1 heterocycles. The normalized spacial score (nSPS) is 23.4. The third-order valence-electron chi connectivity index (χ3n) is 3.03. The molecule has 3 nitrogen and oxygen atoms in total. The van der Waals surface area contributed by atoms with Crippen molar-refractivity contribution in [2.45, 2.75) is 44.8 Å². The lowest BCUT2D eigenvalue weighted by Crippen LogP contribution is -2.34. The minimum absolute atomic E-state index is 0.0483. The molecule has 0 spiro atoms. The lowest BCUT2D eigenvalue weighted by Gasteiger charge is -2.24. The standard InChI is InChI=1S/C15H19ClO3/c1-15(2,3)19-14(17)13-12(8-9-18-13)10-4-6-11(16)7-5-10/h4-7,12-13H,8-9H2,1-3H3/t12-,13-/m1/s1. The van der Waals surface area contributed by atoms with E-state index >= 15 is 0 Å². The van der Waals surface area contributed by atoms with Crippen LogP contribution in [0, 0.1) is 0 Å². The molecule has 104 valence electrons. The maximum absolute atomic E-state index is 12.1. The first kappa shape index (κ1) is 14.4. The second-order valence-corrected chi connectivity index (χ2v) is 6.21. The smallest absolute Gasteiger partial charge is 0.336 e. The summed E-state index contributed by atoms with van der Waals surface area (Å²) in [5, 5.41) is 0.691. The van der Waals surface area contributed by atoms with Gasteiger partial charge >= 0.3 is 5.97 Å². The minimum Gasteiger partial charge on any atom is -0.458 e. The third kappa shape index (κ3) is 3.71. The summed E-state index contributed by atoms with van der Waals surface area (Å²) in [5.74, 6) is -0.239. The van der Waals surface area contributed by atoms with Crippen LogP contribution < -0.4 is 0 Å². The van der Waals surface area contributed by atoms with Gasteiger partial charge in [0.15, 0.2) is 6.10 Å². The molecule has 0 radical (unpaired) electrons. The molecule has 4 heteroatoms. The average molecular weight is 283 g/mol. The summed E-state index contributed by atoms with van der Waals surface area (Å²) in [7, 11) is 0. The zero-order valence-electron chi connectivity index (χ0n) is 11.5. The number of rotatable bonds is 2. The predicted molar refractivity (Wildman–Crippen MR) is 74.4 cm³/mol. The minimum atomic E-state index is -0.514. The zero-order chi connectivity index (χ0) is 14.0. The van der Waals surface area contributed by atoms with E-state index in [1.54, 1.807) is 0 Å². The van der Waals surface area contributed by atoms with Crippen LogP contribution in [0.4, 0.5) is 0 Å². The quantitative estimate of drug-likeness (QED) is 0.778. The van der Waals surface area contributed by atoms with E-state index in [0.717, 1.165) is 12.0 Å². The number of carbonyl (C=O) groups is 1. The third-order valence-corrected chi connectivity index (χ3v) is 3.28.